The van der Waals surface area contributed by atoms with Gasteiger partial charge in [-0.25, -0.2) is 15.2 Å². The third-order valence-corrected chi connectivity index (χ3v) is 2.30. The van der Waals surface area contributed by atoms with Crippen molar-refractivity contribution in [3.63, 3.8) is 0 Å². The van der Waals surface area contributed by atoms with E-state index in [0.29, 0.717) is 12.3 Å². The number of hydrazine groups is 1. The van der Waals surface area contributed by atoms with Crippen LogP contribution in [0.3, 0.4) is 0 Å². The molecule has 0 fully saturated rings. The van der Waals surface area contributed by atoms with Crippen LogP contribution in [0.5, 0.6) is 0 Å². The second-order valence-corrected chi connectivity index (χ2v) is 3.58. The lowest BCUT2D eigenvalue weighted by Crippen LogP contribution is -2.39. The predicted octanol–water partition coefficient (Wildman–Crippen LogP) is 0.351. The largest absolute Gasteiger partial charge is 0.369 e. The summed E-state index contributed by atoms with van der Waals surface area (Å²) >= 11 is 0. The summed E-state index contributed by atoms with van der Waals surface area (Å²) in [5.74, 6) is 5.08. The molecule has 0 aromatic heterocycles. The number of halogens is 1. The molecule has 16 heavy (non-hydrogen) atoms. The molecule has 0 amide bonds. The zero-order chi connectivity index (χ0) is 12.2. The number of rotatable bonds is 3. The summed E-state index contributed by atoms with van der Waals surface area (Å²) in [6.45, 7) is 3.94. The Morgan fingerprint density at radius 1 is 1.75 bits per heavy atom. The molecule has 1 aliphatic carbocycles. The molecule has 0 radical (unpaired) electrons. The number of ether oxygens (including phenoxy) is 1. The number of aliphatic imine (C=N–C) groups is 1. The number of hydrogen-bond donors (Lipinski definition) is 3. The molecule has 0 aliphatic heterocycles. The molecule has 0 saturated carbocycles. The van der Waals surface area contributed by atoms with Crippen LogP contribution in [-0.2, 0) is 4.74 Å². The number of guanidine groups is 1. The average Bonchev–Trinajstić information content (AvgIpc) is 2.24. The highest BCUT2D eigenvalue weighted by Gasteiger charge is 2.33. The Hall–Kier alpha value is -1.40. The Labute approximate surface area is 94.0 Å². The molecule has 1 rings (SSSR count). The van der Waals surface area contributed by atoms with Crippen molar-refractivity contribution in [2.24, 2.45) is 16.6 Å². The van der Waals surface area contributed by atoms with E-state index in [0.717, 1.165) is 0 Å². The van der Waals surface area contributed by atoms with Gasteiger partial charge in [-0.3, -0.25) is 5.43 Å². The molecule has 0 heterocycles. The SMILES string of the molecule is CCOC1(C)C=CC(N=C(N)NN)=CC1F. The maximum absolute atomic E-state index is 13.8. The maximum atomic E-state index is 13.8. The quantitative estimate of drug-likeness (QED) is 0.281. The number of alkyl halides is 1. The van der Waals surface area contributed by atoms with Gasteiger partial charge in [-0.05, 0) is 32.1 Å². The van der Waals surface area contributed by atoms with Crippen molar-refractivity contribution in [3.8, 4) is 0 Å². The topological polar surface area (TPSA) is 85.7 Å². The second kappa shape index (κ2) is 5.09. The molecule has 2 unspecified atom stereocenters. The summed E-state index contributed by atoms with van der Waals surface area (Å²) in [6, 6.07) is 0. The molecule has 0 spiro atoms. The molecule has 0 saturated heterocycles. The standard InChI is InChI=1S/C10H17FN4O/c1-3-16-10(2)5-4-7(6-8(10)11)14-9(12)15-13/h4-6,8H,3,13H2,1-2H3,(H3,12,14,15). The maximum Gasteiger partial charge on any atom is 0.208 e. The summed E-state index contributed by atoms with van der Waals surface area (Å²) in [6.07, 6.45) is 3.36. The van der Waals surface area contributed by atoms with Crippen molar-refractivity contribution in [2.45, 2.75) is 25.6 Å². The van der Waals surface area contributed by atoms with Crippen LogP contribution in [0.2, 0.25) is 0 Å². The Kier molecular flexibility index (Phi) is 4.03. The first kappa shape index (κ1) is 12.7. The van der Waals surface area contributed by atoms with Crippen LogP contribution >= 0.6 is 0 Å². The smallest absolute Gasteiger partial charge is 0.208 e. The van der Waals surface area contributed by atoms with Gasteiger partial charge in [0.1, 0.15) is 5.60 Å². The van der Waals surface area contributed by atoms with Crippen LogP contribution in [0.25, 0.3) is 0 Å². The van der Waals surface area contributed by atoms with Crippen molar-refractivity contribution in [2.75, 3.05) is 6.61 Å². The summed E-state index contributed by atoms with van der Waals surface area (Å²) in [7, 11) is 0. The molecule has 90 valence electrons. The fourth-order valence-electron chi connectivity index (χ4n) is 1.40. The van der Waals surface area contributed by atoms with E-state index in [9.17, 15) is 4.39 Å². The summed E-state index contributed by atoms with van der Waals surface area (Å²) in [5, 5.41) is 0. The fourth-order valence-corrected chi connectivity index (χ4v) is 1.40. The Bertz CT molecular complexity index is 340. The lowest BCUT2D eigenvalue weighted by Gasteiger charge is -2.30. The zero-order valence-corrected chi connectivity index (χ0v) is 9.40. The van der Waals surface area contributed by atoms with Gasteiger partial charge in [0.25, 0.3) is 0 Å². The number of nitrogens with two attached hydrogens (primary N) is 2. The van der Waals surface area contributed by atoms with E-state index < -0.39 is 11.8 Å². The van der Waals surface area contributed by atoms with Crippen LogP contribution in [0.1, 0.15) is 13.8 Å². The van der Waals surface area contributed by atoms with E-state index >= 15 is 0 Å². The molecular formula is C10H17FN4O. The van der Waals surface area contributed by atoms with Crippen molar-refractivity contribution in [1.29, 1.82) is 0 Å². The molecule has 0 bridgehead atoms. The lowest BCUT2D eigenvalue weighted by atomic mass is 9.94. The van der Waals surface area contributed by atoms with Gasteiger partial charge in [0.15, 0.2) is 6.17 Å². The molecule has 6 heteroatoms. The van der Waals surface area contributed by atoms with E-state index in [1.807, 2.05) is 6.92 Å². The predicted molar refractivity (Wildman–Crippen MR) is 61.1 cm³/mol. The van der Waals surface area contributed by atoms with Gasteiger partial charge in [-0.1, -0.05) is 0 Å². The highest BCUT2D eigenvalue weighted by atomic mass is 19.1. The van der Waals surface area contributed by atoms with Crippen LogP contribution in [0.4, 0.5) is 4.39 Å². The summed E-state index contributed by atoms with van der Waals surface area (Å²) in [4.78, 5) is 3.87. The number of hydrogen-bond acceptors (Lipinski definition) is 3. The second-order valence-electron chi connectivity index (χ2n) is 3.58. The third-order valence-electron chi connectivity index (χ3n) is 2.30. The van der Waals surface area contributed by atoms with Crippen molar-refractivity contribution < 1.29 is 9.13 Å². The molecule has 0 aromatic rings. The average molecular weight is 228 g/mol. The van der Waals surface area contributed by atoms with Crippen molar-refractivity contribution in [3.05, 3.63) is 23.9 Å². The van der Waals surface area contributed by atoms with E-state index in [-0.39, 0.29) is 5.96 Å². The highest BCUT2D eigenvalue weighted by Crippen LogP contribution is 2.27. The van der Waals surface area contributed by atoms with E-state index in [1.54, 1.807) is 19.1 Å². The Balaban J connectivity index is 2.81. The fraction of sp³-hybridized carbons (Fsp3) is 0.500. The Morgan fingerprint density at radius 3 is 2.94 bits per heavy atom. The van der Waals surface area contributed by atoms with Crippen LogP contribution in [0, 0.1) is 0 Å². The van der Waals surface area contributed by atoms with Gasteiger partial charge in [-0.15, -0.1) is 0 Å². The van der Waals surface area contributed by atoms with Crippen molar-refractivity contribution >= 4 is 5.96 Å². The van der Waals surface area contributed by atoms with Crippen molar-refractivity contribution in [1.82, 2.24) is 5.43 Å². The molecule has 0 aromatic carbocycles. The first-order valence-electron chi connectivity index (χ1n) is 5.01. The van der Waals surface area contributed by atoms with E-state index in [2.05, 4.69) is 10.4 Å². The minimum atomic E-state index is -1.26. The van der Waals surface area contributed by atoms with Gasteiger partial charge >= 0.3 is 0 Å². The Morgan fingerprint density at radius 2 is 2.44 bits per heavy atom. The minimum absolute atomic E-state index is 0.0307. The molecule has 5 nitrogen and oxygen atoms in total. The lowest BCUT2D eigenvalue weighted by molar-refractivity contribution is -0.0294. The summed E-state index contributed by atoms with van der Waals surface area (Å²) < 4.78 is 19.1. The zero-order valence-electron chi connectivity index (χ0n) is 9.40. The molecular weight excluding hydrogens is 211 g/mol. The minimum Gasteiger partial charge on any atom is -0.369 e. The number of nitrogens with one attached hydrogen (secondary N) is 1. The first-order chi connectivity index (χ1) is 7.51. The van der Waals surface area contributed by atoms with Gasteiger partial charge < -0.3 is 10.5 Å². The number of nitrogens with zero attached hydrogens (tertiary/aromatic N) is 1. The molecule has 1 aliphatic rings. The normalized spacial score (nSPS) is 30.1. The first-order valence-corrected chi connectivity index (χ1v) is 5.01. The van der Waals surface area contributed by atoms with Crippen LogP contribution in [-0.4, -0.2) is 24.3 Å². The number of allylic oxidation sites excluding steroid dienone is 1. The van der Waals surface area contributed by atoms with Gasteiger partial charge in [0, 0.05) is 6.61 Å². The van der Waals surface area contributed by atoms with E-state index in [1.165, 1.54) is 6.08 Å². The van der Waals surface area contributed by atoms with Gasteiger partial charge in [0.2, 0.25) is 5.96 Å². The van der Waals surface area contributed by atoms with Gasteiger partial charge in [0.05, 0.1) is 5.70 Å². The monoisotopic (exact) mass is 228 g/mol. The van der Waals surface area contributed by atoms with Crippen LogP contribution in [0.15, 0.2) is 28.9 Å². The summed E-state index contributed by atoms with van der Waals surface area (Å²) in [5.41, 5.74) is 7.02. The third kappa shape index (κ3) is 2.80. The van der Waals surface area contributed by atoms with E-state index in [4.69, 9.17) is 16.3 Å². The highest BCUT2D eigenvalue weighted by molar-refractivity contribution is 5.78. The molecule has 2 atom stereocenters. The molecule has 5 N–H and O–H groups in total. The van der Waals surface area contributed by atoms with Gasteiger partial charge in [-0.2, -0.15) is 0 Å². The van der Waals surface area contributed by atoms with Crippen LogP contribution < -0.4 is 17.0 Å².